The second kappa shape index (κ2) is 13.9. The van der Waals surface area contributed by atoms with E-state index in [4.69, 9.17) is 0 Å². The zero-order valence-electron chi connectivity index (χ0n) is 22.6. The van der Waals surface area contributed by atoms with Gasteiger partial charge in [-0.3, -0.25) is 13.9 Å². The van der Waals surface area contributed by atoms with Gasteiger partial charge in [-0.15, -0.1) is 0 Å². The molecule has 0 fully saturated rings. The number of nitrogens with one attached hydrogen (secondary N) is 1. The molecule has 1 N–H and O–H groups in total. The van der Waals surface area contributed by atoms with Crippen LogP contribution in [0.15, 0.2) is 83.8 Å². The lowest BCUT2D eigenvalue weighted by atomic mass is 10.1. The maximum absolute atomic E-state index is 13.9. The number of unbranched alkanes of at least 4 members (excludes halogenated alkanes) is 1. The zero-order chi connectivity index (χ0) is 28.4. The van der Waals surface area contributed by atoms with Crippen LogP contribution in [0.5, 0.6) is 0 Å². The van der Waals surface area contributed by atoms with E-state index in [1.165, 1.54) is 17.0 Å². The van der Waals surface area contributed by atoms with Gasteiger partial charge in [0.05, 0.1) is 10.6 Å². The molecule has 2 amide bonds. The van der Waals surface area contributed by atoms with Gasteiger partial charge in [-0.2, -0.15) is 0 Å². The van der Waals surface area contributed by atoms with Crippen LogP contribution >= 0.6 is 0 Å². The first kappa shape index (κ1) is 29.8. The van der Waals surface area contributed by atoms with Crippen LogP contribution in [0.2, 0.25) is 0 Å². The number of carbonyl (C=O) groups is 2. The fraction of sp³-hybridized carbons (Fsp3) is 0.333. The Hall–Kier alpha value is -3.72. The zero-order valence-corrected chi connectivity index (χ0v) is 23.5. The van der Waals surface area contributed by atoms with Crippen molar-refractivity contribution < 1.29 is 22.4 Å². The molecule has 0 aliphatic heterocycles. The maximum Gasteiger partial charge on any atom is 0.264 e. The molecule has 39 heavy (non-hydrogen) atoms. The summed E-state index contributed by atoms with van der Waals surface area (Å²) in [5.74, 6) is -1.37. The summed E-state index contributed by atoms with van der Waals surface area (Å²) >= 11 is 0. The predicted molar refractivity (Wildman–Crippen MR) is 151 cm³/mol. The largest absolute Gasteiger partial charge is 0.354 e. The number of halogens is 1. The number of amides is 2. The minimum atomic E-state index is -4.24. The maximum atomic E-state index is 13.9. The molecule has 9 heteroatoms. The highest BCUT2D eigenvalue weighted by Crippen LogP contribution is 2.25. The van der Waals surface area contributed by atoms with E-state index < -0.39 is 34.3 Å². The van der Waals surface area contributed by atoms with Crippen LogP contribution in [-0.4, -0.2) is 44.3 Å². The molecule has 3 rings (SSSR count). The SMILES string of the molecule is CCCCNC(=O)[C@@H](CC)N(Cc1ccccc1)C(=O)CN(c1ccc(C)cc1)S(=O)(=O)c1ccc(F)cc1. The number of carbonyl (C=O) groups excluding carboxylic acids is 2. The van der Waals surface area contributed by atoms with Crippen LogP contribution in [0, 0.1) is 12.7 Å². The predicted octanol–water partition coefficient (Wildman–Crippen LogP) is 5.05. The Balaban J connectivity index is 2.01. The molecule has 0 heterocycles. The Labute approximate surface area is 230 Å². The molecule has 0 saturated heterocycles. The molecule has 0 bridgehead atoms. The average Bonchev–Trinajstić information content (AvgIpc) is 2.93. The number of benzene rings is 3. The van der Waals surface area contributed by atoms with Crippen LogP contribution in [0.25, 0.3) is 0 Å². The van der Waals surface area contributed by atoms with Crippen molar-refractivity contribution in [3.8, 4) is 0 Å². The Morgan fingerprint density at radius 1 is 0.923 bits per heavy atom. The van der Waals surface area contributed by atoms with Crippen molar-refractivity contribution in [3.05, 3.63) is 95.8 Å². The normalized spacial score (nSPS) is 12.0. The molecule has 0 saturated carbocycles. The van der Waals surface area contributed by atoms with E-state index in [9.17, 15) is 22.4 Å². The third kappa shape index (κ3) is 7.89. The second-order valence-electron chi connectivity index (χ2n) is 9.38. The molecule has 7 nitrogen and oxygen atoms in total. The molecule has 3 aromatic rings. The third-order valence-corrected chi connectivity index (χ3v) is 8.20. The molecule has 1 atom stereocenters. The van der Waals surface area contributed by atoms with Crippen molar-refractivity contribution in [2.45, 2.75) is 57.5 Å². The molecule has 0 spiro atoms. The molecule has 3 aromatic carbocycles. The van der Waals surface area contributed by atoms with Gasteiger partial charge in [0.1, 0.15) is 18.4 Å². The van der Waals surface area contributed by atoms with Gasteiger partial charge < -0.3 is 10.2 Å². The van der Waals surface area contributed by atoms with Crippen molar-refractivity contribution >= 4 is 27.5 Å². The highest BCUT2D eigenvalue weighted by Gasteiger charge is 2.33. The van der Waals surface area contributed by atoms with E-state index in [-0.39, 0.29) is 17.3 Å². The Morgan fingerprint density at radius 3 is 2.15 bits per heavy atom. The lowest BCUT2D eigenvalue weighted by Crippen LogP contribution is -2.52. The topological polar surface area (TPSA) is 86.8 Å². The second-order valence-corrected chi connectivity index (χ2v) is 11.2. The van der Waals surface area contributed by atoms with Crippen LogP contribution in [-0.2, 0) is 26.2 Å². The van der Waals surface area contributed by atoms with Crippen molar-refractivity contribution in [1.29, 1.82) is 0 Å². The van der Waals surface area contributed by atoms with Gasteiger partial charge in [0.15, 0.2) is 0 Å². The van der Waals surface area contributed by atoms with Gasteiger partial charge in [0.2, 0.25) is 11.8 Å². The molecular weight excluding hydrogens is 517 g/mol. The van der Waals surface area contributed by atoms with Gasteiger partial charge in [0, 0.05) is 13.1 Å². The lowest BCUT2D eigenvalue weighted by Gasteiger charge is -2.33. The molecule has 0 unspecified atom stereocenters. The molecule has 0 radical (unpaired) electrons. The van der Waals surface area contributed by atoms with Crippen molar-refractivity contribution in [3.63, 3.8) is 0 Å². The highest BCUT2D eigenvalue weighted by molar-refractivity contribution is 7.92. The fourth-order valence-electron chi connectivity index (χ4n) is 4.18. The van der Waals surface area contributed by atoms with Crippen molar-refractivity contribution in [1.82, 2.24) is 10.2 Å². The number of hydrogen-bond acceptors (Lipinski definition) is 4. The molecule has 208 valence electrons. The lowest BCUT2D eigenvalue weighted by molar-refractivity contribution is -0.140. The summed E-state index contributed by atoms with van der Waals surface area (Å²) in [4.78, 5) is 28.4. The van der Waals surface area contributed by atoms with E-state index in [0.717, 1.165) is 40.4 Å². The van der Waals surface area contributed by atoms with E-state index in [2.05, 4.69) is 5.32 Å². The van der Waals surface area contributed by atoms with E-state index in [1.54, 1.807) is 24.3 Å². The summed E-state index contributed by atoms with van der Waals surface area (Å²) in [5.41, 5.74) is 2.03. The van der Waals surface area contributed by atoms with Crippen molar-refractivity contribution in [2.24, 2.45) is 0 Å². The summed E-state index contributed by atoms with van der Waals surface area (Å²) in [6.45, 7) is 5.82. The number of hydrogen-bond donors (Lipinski definition) is 1. The van der Waals surface area contributed by atoms with Gasteiger partial charge in [-0.05, 0) is 61.7 Å². The minimum Gasteiger partial charge on any atom is -0.354 e. The number of rotatable bonds is 13. The summed E-state index contributed by atoms with van der Waals surface area (Å²) in [6, 6.07) is 19.7. The van der Waals surface area contributed by atoms with Gasteiger partial charge in [0.25, 0.3) is 10.0 Å². The number of anilines is 1. The first-order valence-electron chi connectivity index (χ1n) is 13.1. The Morgan fingerprint density at radius 2 is 1.56 bits per heavy atom. The Kier molecular flexibility index (Phi) is 10.6. The van der Waals surface area contributed by atoms with Crippen LogP contribution in [0.1, 0.15) is 44.2 Å². The molecule has 0 aromatic heterocycles. The number of aryl methyl sites for hydroxylation is 1. The van der Waals surface area contributed by atoms with E-state index in [1.807, 2.05) is 51.1 Å². The molecule has 0 aliphatic rings. The van der Waals surface area contributed by atoms with E-state index in [0.29, 0.717) is 18.7 Å². The fourth-order valence-corrected chi connectivity index (χ4v) is 5.59. The Bertz CT molecular complexity index is 1330. The van der Waals surface area contributed by atoms with Gasteiger partial charge >= 0.3 is 0 Å². The van der Waals surface area contributed by atoms with Crippen molar-refractivity contribution in [2.75, 3.05) is 17.4 Å². The summed E-state index contributed by atoms with van der Waals surface area (Å²) in [5, 5.41) is 2.91. The van der Waals surface area contributed by atoms with Crippen LogP contribution in [0.4, 0.5) is 10.1 Å². The van der Waals surface area contributed by atoms with Gasteiger partial charge in [-0.1, -0.05) is 68.3 Å². The third-order valence-electron chi connectivity index (χ3n) is 6.41. The van der Waals surface area contributed by atoms with Gasteiger partial charge in [-0.25, -0.2) is 12.8 Å². The first-order chi connectivity index (χ1) is 18.7. The highest BCUT2D eigenvalue weighted by atomic mass is 32.2. The van der Waals surface area contributed by atoms with Crippen LogP contribution < -0.4 is 9.62 Å². The number of nitrogens with zero attached hydrogens (tertiary/aromatic N) is 2. The quantitative estimate of drug-likeness (QED) is 0.300. The van der Waals surface area contributed by atoms with Crippen LogP contribution in [0.3, 0.4) is 0 Å². The minimum absolute atomic E-state index is 0.137. The summed E-state index contributed by atoms with van der Waals surface area (Å²) < 4.78 is 42.1. The molecule has 0 aliphatic carbocycles. The summed E-state index contributed by atoms with van der Waals surface area (Å²) in [7, 11) is -4.24. The number of sulfonamides is 1. The monoisotopic (exact) mass is 553 g/mol. The average molecular weight is 554 g/mol. The molecular formula is C30H36FN3O4S. The van der Waals surface area contributed by atoms with E-state index >= 15 is 0 Å². The standard InChI is InChI=1S/C30H36FN3O4S/c1-4-6-20-32-30(36)28(5-2)33(21-24-10-8-7-9-11-24)29(35)22-34(26-16-12-23(3)13-17-26)39(37,38)27-18-14-25(31)15-19-27/h7-19,28H,4-6,20-22H2,1-3H3,(H,32,36)/t28-/m1/s1. The first-order valence-corrected chi connectivity index (χ1v) is 14.6. The summed E-state index contributed by atoms with van der Waals surface area (Å²) in [6.07, 6.45) is 2.08. The smallest absolute Gasteiger partial charge is 0.264 e.